The lowest BCUT2D eigenvalue weighted by atomic mass is 9.86. The van der Waals surface area contributed by atoms with Gasteiger partial charge < -0.3 is 9.57 Å². The van der Waals surface area contributed by atoms with Gasteiger partial charge in [-0.1, -0.05) is 19.0 Å². The number of carbonyl (C=O) groups excluding carboxylic acids is 3. The molecule has 0 atom stereocenters. The van der Waals surface area contributed by atoms with Gasteiger partial charge >= 0.3 is 5.97 Å². The van der Waals surface area contributed by atoms with Crippen molar-refractivity contribution >= 4 is 17.8 Å². The van der Waals surface area contributed by atoms with E-state index in [0.717, 1.165) is 0 Å². The monoisotopic (exact) mass is 340 g/mol. The van der Waals surface area contributed by atoms with E-state index >= 15 is 0 Å². The Balaban J connectivity index is 2.47. The second-order valence-electron chi connectivity index (χ2n) is 6.94. The van der Waals surface area contributed by atoms with E-state index in [1.165, 1.54) is 13.8 Å². The van der Waals surface area contributed by atoms with Gasteiger partial charge in [0.2, 0.25) is 0 Å². The van der Waals surface area contributed by atoms with Crippen LogP contribution in [0.4, 0.5) is 0 Å². The minimum Gasteiger partial charge on any atom is -0.364 e. The Morgan fingerprint density at radius 1 is 1.21 bits per heavy atom. The van der Waals surface area contributed by atoms with Crippen molar-refractivity contribution in [1.82, 2.24) is 5.06 Å². The van der Waals surface area contributed by atoms with E-state index in [1.54, 1.807) is 0 Å². The van der Waals surface area contributed by atoms with Gasteiger partial charge in [0.25, 0.3) is 11.8 Å². The van der Waals surface area contributed by atoms with Crippen LogP contribution >= 0.6 is 0 Å². The molecule has 0 bridgehead atoms. The molecule has 9 nitrogen and oxygen atoms in total. The van der Waals surface area contributed by atoms with Crippen LogP contribution in [0.1, 0.15) is 53.4 Å². The number of amides is 2. The fourth-order valence-electron chi connectivity index (χ4n) is 2.01. The second kappa shape index (κ2) is 8.12. The lowest BCUT2D eigenvalue weighted by molar-refractivity contribution is -0.212. The first-order valence-corrected chi connectivity index (χ1v) is 7.82. The van der Waals surface area contributed by atoms with Gasteiger partial charge in [0.05, 0.1) is 0 Å². The highest BCUT2D eigenvalue weighted by Crippen LogP contribution is 2.26. The Morgan fingerprint density at radius 3 is 2.33 bits per heavy atom. The van der Waals surface area contributed by atoms with Gasteiger partial charge in [0.1, 0.15) is 0 Å². The Kier molecular flexibility index (Phi) is 6.74. The van der Waals surface area contributed by atoms with Gasteiger partial charge in [-0.05, 0) is 37.6 Å². The van der Waals surface area contributed by atoms with Crippen LogP contribution in [0.25, 0.3) is 10.4 Å². The summed E-state index contributed by atoms with van der Waals surface area (Å²) in [5.74, 6) is -1.84. The van der Waals surface area contributed by atoms with Crippen LogP contribution in [0.3, 0.4) is 0 Å². The maximum atomic E-state index is 12.1. The number of ether oxygens (including phenoxy) is 1. The first-order chi connectivity index (χ1) is 11.1. The minimum absolute atomic E-state index is 0.0484. The standard InChI is InChI=1S/C15H24N4O5/c1-14(2,7-9-17-18-16)8-10-23-15(3,4)13(22)24-19-11(20)5-6-12(19)21/h5-10H2,1-4H3. The predicted molar refractivity (Wildman–Crippen MR) is 84.2 cm³/mol. The van der Waals surface area contributed by atoms with Crippen molar-refractivity contribution in [3.8, 4) is 0 Å². The molecule has 0 spiro atoms. The summed E-state index contributed by atoms with van der Waals surface area (Å²) in [7, 11) is 0. The second-order valence-corrected chi connectivity index (χ2v) is 6.94. The SMILES string of the molecule is CC(C)(CCN=[N+]=[N-])CCOC(C)(C)C(=O)ON1C(=O)CCC1=O. The normalized spacial score (nSPS) is 15.4. The minimum atomic E-state index is -1.29. The highest BCUT2D eigenvalue weighted by atomic mass is 16.7. The topological polar surface area (TPSA) is 122 Å². The molecule has 24 heavy (non-hydrogen) atoms. The summed E-state index contributed by atoms with van der Waals surface area (Å²) in [4.78, 5) is 42.7. The smallest absolute Gasteiger partial charge is 0.364 e. The van der Waals surface area contributed by atoms with Crippen LogP contribution in [0, 0.1) is 5.41 Å². The number of imide groups is 1. The molecule has 0 aliphatic carbocycles. The van der Waals surface area contributed by atoms with E-state index in [1.807, 2.05) is 13.8 Å². The van der Waals surface area contributed by atoms with Gasteiger partial charge in [-0.2, -0.15) is 0 Å². The number of carbonyl (C=O) groups is 3. The fraction of sp³-hybridized carbons (Fsp3) is 0.800. The molecule has 0 aromatic rings. The fourth-order valence-corrected chi connectivity index (χ4v) is 2.01. The molecule has 2 amide bonds. The Hall–Kier alpha value is -2.12. The van der Waals surface area contributed by atoms with Crippen LogP contribution < -0.4 is 0 Å². The molecule has 1 aliphatic heterocycles. The molecule has 1 rings (SSSR count). The molecular formula is C15H24N4O5. The molecule has 0 aromatic carbocycles. The lowest BCUT2D eigenvalue weighted by Gasteiger charge is -2.28. The van der Waals surface area contributed by atoms with E-state index in [-0.39, 0.29) is 24.9 Å². The largest absolute Gasteiger partial charge is 0.364 e. The van der Waals surface area contributed by atoms with Crippen LogP contribution in [0.5, 0.6) is 0 Å². The average Bonchev–Trinajstić information content (AvgIpc) is 2.78. The average molecular weight is 340 g/mol. The summed E-state index contributed by atoms with van der Waals surface area (Å²) in [6, 6.07) is 0. The molecule has 134 valence electrons. The zero-order chi connectivity index (χ0) is 18.4. The zero-order valence-corrected chi connectivity index (χ0v) is 14.6. The molecule has 1 aliphatic rings. The molecule has 9 heteroatoms. The molecule has 0 saturated carbocycles. The number of hydrogen-bond donors (Lipinski definition) is 0. The Bertz CT molecular complexity index is 536. The van der Waals surface area contributed by atoms with Gasteiger partial charge in [-0.15, -0.1) is 5.06 Å². The van der Waals surface area contributed by atoms with Crippen molar-refractivity contribution in [2.45, 2.75) is 59.0 Å². The van der Waals surface area contributed by atoms with Crippen molar-refractivity contribution in [1.29, 1.82) is 0 Å². The third kappa shape index (κ3) is 5.82. The van der Waals surface area contributed by atoms with E-state index < -0.39 is 23.4 Å². The quantitative estimate of drug-likeness (QED) is 0.276. The first-order valence-electron chi connectivity index (χ1n) is 7.82. The molecule has 1 saturated heterocycles. The van der Waals surface area contributed by atoms with Crippen LogP contribution in [0.15, 0.2) is 5.11 Å². The maximum Gasteiger partial charge on any atom is 0.364 e. The number of hydrogen-bond acceptors (Lipinski definition) is 6. The number of rotatable bonds is 9. The highest BCUT2D eigenvalue weighted by molar-refractivity contribution is 6.01. The molecule has 0 radical (unpaired) electrons. The van der Waals surface area contributed by atoms with Crippen molar-refractivity contribution in [3.63, 3.8) is 0 Å². The van der Waals surface area contributed by atoms with Gasteiger partial charge in [-0.3, -0.25) is 9.59 Å². The number of azide groups is 1. The van der Waals surface area contributed by atoms with Gasteiger partial charge in [-0.25, -0.2) is 4.79 Å². The molecule has 0 aromatic heterocycles. The highest BCUT2D eigenvalue weighted by Gasteiger charge is 2.38. The molecule has 1 heterocycles. The third-order valence-corrected chi connectivity index (χ3v) is 3.87. The Labute approximate surface area is 140 Å². The zero-order valence-electron chi connectivity index (χ0n) is 14.6. The number of nitrogens with zero attached hydrogens (tertiary/aromatic N) is 4. The maximum absolute atomic E-state index is 12.1. The Morgan fingerprint density at radius 2 is 1.79 bits per heavy atom. The van der Waals surface area contributed by atoms with E-state index in [2.05, 4.69) is 10.0 Å². The summed E-state index contributed by atoms with van der Waals surface area (Å²) < 4.78 is 5.59. The summed E-state index contributed by atoms with van der Waals surface area (Å²) in [5.41, 5.74) is 6.89. The van der Waals surface area contributed by atoms with E-state index in [0.29, 0.717) is 24.4 Å². The van der Waals surface area contributed by atoms with Crippen molar-refractivity contribution in [3.05, 3.63) is 10.4 Å². The molecule has 0 unspecified atom stereocenters. The van der Waals surface area contributed by atoms with Crippen molar-refractivity contribution in [2.75, 3.05) is 13.2 Å². The molecule has 0 N–H and O–H groups in total. The number of hydroxylamine groups is 2. The van der Waals surface area contributed by atoms with Crippen LogP contribution in [-0.2, 0) is 24.0 Å². The molecule has 1 fully saturated rings. The van der Waals surface area contributed by atoms with Gasteiger partial charge in [0, 0.05) is 30.9 Å². The summed E-state index contributed by atoms with van der Waals surface area (Å²) in [6.45, 7) is 7.74. The van der Waals surface area contributed by atoms with Gasteiger partial charge in [0.15, 0.2) is 5.60 Å². The van der Waals surface area contributed by atoms with Crippen LogP contribution in [-0.4, -0.2) is 41.6 Å². The summed E-state index contributed by atoms with van der Waals surface area (Å²) in [6.07, 6.45) is 1.44. The molecular weight excluding hydrogens is 316 g/mol. The first kappa shape index (κ1) is 19.9. The summed E-state index contributed by atoms with van der Waals surface area (Å²) >= 11 is 0. The van der Waals surface area contributed by atoms with Crippen molar-refractivity contribution < 1.29 is 24.0 Å². The van der Waals surface area contributed by atoms with E-state index in [9.17, 15) is 14.4 Å². The predicted octanol–water partition coefficient (Wildman–Crippen LogP) is 2.51. The van der Waals surface area contributed by atoms with E-state index in [4.69, 9.17) is 15.1 Å². The third-order valence-electron chi connectivity index (χ3n) is 3.87. The van der Waals surface area contributed by atoms with Crippen LogP contribution in [0.2, 0.25) is 0 Å². The lowest BCUT2D eigenvalue weighted by Crippen LogP contribution is -2.43. The summed E-state index contributed by atoms with van der Waals surface area (Å²) in [5, 5.41) is 4.02. The van der Waals surface area contributed by atoms with Crippen molar-refractivity contribution in [2.24, 2.45) is 10.5 Å².